The minimum absolute atomic E-state index is 0. The van der Waals surface area contributed by atoms with E-state index in [9.17, 15) is 8.42 Å². The molecular weight excluding hydrogens is 495 g/mol. The molecule has 0 aliphatic heterocycles. The molecule has 156 valence electrons. The molecule has 0 atom stereocenters. The molecule has 0 saturated carbocycles. The third-order valence-electron chi connectivity index (χ3n) is 3.66. The molecule has 2 rings (SSSR count). The van der Waals surface area contributed by atoms with Gasteiger partial charge in [0.1, 0.15) is 5.76 Å². The third kappa shape index (κ3) is 9.04. The number of nitrogens with zero attached hydrogens (tertiary/aromatic N) is 1. The van der Waals surface area contributed by atoms with E-state index in [-0.39, 0.29) is 28.9 Å². The summed E-state index contributed by atoms with van der Waals surface area (Å²) in [6.07, 6.45) is 2.39. The first-order valence-electron chi connectivity index (χ1n) is 8.73. The maximum Gasteiger partial charge on any atom is 0.238 e. The zero-order valence-corrected chi connectivity index (χ0v) is 18.9. The van der Waals surface area contributed by atoms with Crippen molar-refractivity contribution in [2.75, 3.05) is 26.3 Å². The van der Waals surface area contributed by atoms with E-state index >= 15 is 0 Å². The van der Waals surface area contributed by atoms with Crippen LogP contribution in [0.4, 0.5) is 0 Å². The normalized spacial score (nSPS) is 11.7. The van der Waals surface area contributed by atoms with Crippen molar-refractivity contribution in [3.05, 3.63) is 54.0 Å². The summed E-state index contributed by atoms with van der Waals surface area (Å²) in [5, 5.41) is 11.6. The molecule has 4 N–H and O–H groups in total. The van der Waals surface area contributed by atoms with E-state index in [4.69, 9.17) is 14.3 Å². The van der Waals surface area contributed by atoms with E-state index < -0.39 is 10.0 Å². The van der Waals surface area contributed by atoms with Crippen LogP contribution in [0.2, 0.25) is 0 Å². The summed E-state index contributed by atoms with van der Waals surface area (Å²) in [6.45, 7) is 4.88. The molecule has 28 heavy (non-hydrogen) atoms. The number of nitrogens with two attached hydrogens (primary N) is 1. The summed E-state index contributed by atoms with van der Waals surface area (Å²) in [5.74, 6) is 1.55. The molecule has 1 aromatic heterocycles. The Morgan fingerprint density at radius 2 is 1.89 bits per heavy atom. The van der Waals surface area contributed by atoms with Gasteiger partial charge >= 0.3 is 0 Å². The van der Waals surface area contributed by atoms with Gasteiger partial charge in [0, 0.05) is 26.1 Å². The van der Waals surface area contributed by atoms with Crippen LogP contribution in [0.15, 0.2) is 57.0 Å². The van der Waals surface area contributed by atoms with Crippen molar-refractivity contribution in [3.8, 4) is 0 Å². The summed E-state index contributed by atoms with van der Waals surface area (Å²) in [5.41, 5.74) is 0.874. The van der Waals surface area contributed by atoms with Gasteiger partial charge < -0.3 is 19.8 Å². The number of hydrogen-bond donors (Lipinski definition) is 3. The summed E-state index contributed by atoms with van der Waals surface area (Å²) >= 11 is 0. The molecule has 0 saturated heterocycles. The molecule has 1 heterocycles. The maximum absolute atomic E-state index is 11.3. The van der Waals surface area contributed by atoms with Gasteiger partial charge in [-0.3, -0.25) is 0 Å². The van der Waals surface area contributed by atoms with Gasteiger partial charge in [-0.1, -0.05) is 12.1 Å². The second kappa shape index (κ2) is 12.8. The number of halogens is 1. The molecule has 1 aromatic carbocycles. The van der Waals surface area contributed by atoms with E-state index in [1.54, 1.807) is 18.4 Å². The van der Waals surface area contributed by atoms with Crippen LogP contribution < -0.4 is 15.8 Å². The second-order valence-electron chi connectivity index (χ2n) is 5.73. The molecule has 0 aliphatic rings. The molecule has 0 bridgehead atoms. The Kier molecular flexibility index (Phi) is 11.1. The lowest BCUT2D eigenvalue weighted by molar-refractivity contribution is 0.152. The van der Waals surface area contributed by atoms with Gasteiger partial charge in [0.05, 0.1) is 24.3 Å². The van der Waals surface area contributed by atoms with E-state index in [0.717, 1.165) is 17.7 Å². The van der Waals surface area contributed by atoms with E-state index in [2.05, 4.69) is 15.6 Å². The maximum atomic E-state index is 11.3. The van der Waals surface area contributed by atoms with Crippen LogP contribution in [-0.2, 0) is 27.7 Å². The molecule has 8 nitrogen and oxygen atoms in total. The fourth-order valence-electron chi connectivity index (χ4n) is 2.27. The number of hydrogen-bond acceptors (Lipinski definition) is 5. The number of sulfonamides is 1. The molecular formula is C18H27IN4O4S. The first-order chi connectivity index (χ1) is 13.0. The zero-order valence-electron chi connectivity index (χ0n) is 15.8. The molecule has 0 aliphatic carbocycles. The van der Waals surface area contributed by atoms with Crippen molar-refractivity contribution in [3.63, 3.8) is 0 Å². The Bertz CT molecular complexity index is 809. The molecule has 0 unspecified atom stereocenters. The lowest BCUT2D eigenvalue weighted by Gasteiger charge is -2.12. The number of ether oxygens (including phenoxy) is 1. The highest BCUT2D eigenvalue weighted by Gasteiger charge is 2.06. The predicted molar refractivity (Wildman–Crippen MR) is 119 cm³/mol. The monoisotopic (exact) mass is 522 g/mol. The van der Waals surface area contributed by atoms with Crippen molar-refractivity contribution in [1.82, 2.24) is 10.6 Å². The molecule has 0 fully saturated rings. The molecule has 0 spiro atoms. The SMILES string of the molecule is CCOCCNC(=NCc1ccc(S(N)(=O)=O)cc1)NCCc1ccco1.I. The summed E-state index contributed by atoms with van der Waals surface area (Å²) in [7, 11) is -3.69. The first-order valence-corrected chi connectivity index (χ1v) is 10.3. The average molecular weight is 522 g/mol. The van der Waals surface area contributed by atoms with Crippen LogP contribution >= 0.6 is 24.0 Å². The van der Waals surface area contributed by atoms with Gasteiger partial charge in [-0.05, 0) is 36.8 Å². The van der Waals surface area contributed by atoms with Gasteiger partial charge in [-0.2, -0.15) is 0 Å². The second-order valence-corrected chi connectivity index (χ2v) is 7.30. The van der Waals surface area contributed by atoms with E-state index in [1.807, 2.05) is 19.1 Å². The Hall–Kier alpha value is -1.63. The Morgan fingerprint density at radius 3 is 2.50 bits per heavy atom. The first kappa shape index (κ1) is 24.4. The summed E-state index contributed by atoms with van der Waals surface area (Å²) in [6, 6.07) is 10.1. The Labute approximate surface area is 183 Å². The van der Waals surface area contributed by atoms with Gasteiger partial charge in [-0.15, -0.1) is 24.0 Å². The van der Waals surface area contributed by atoms with Crippen LogP contribution in [0.25, 0.3) is 0 Å². The highest BCUT2D eigenvalue weighted by atomic mass is 127. The van der Waals surface area contributed by atoms with Crippen LogP contribution in [0, 0.1) is 0 Å². The molecule has 0 radical (unpaired) electrons. The zero-order chi connectivity index (χ0) is 19.5. The van der Waals surface area contributed by atoms with Crippen molar-refractivity contribution in [1.29, 1.82) is 0 Å². The van der Waals surface area contributed by atoms with Crippen molar-refractivity contribution in [2.45, 2.75) is 24.8 Å². The Balaban J connectivity index is 0.00000392. The van der Waals surface area contributed by atoms with Gasteiger partial charge in [-0.25, -0.2) is 18.5 Å². The number of rotatable bonds is 10. The number of furan rings is 1. The molecule has 10 heteroatoms. The fourth-order valence-corrected chi connectivity index (χ4v) is 2.79. The number of nitrogens with one attached hydrogen (secondary N) is 2. The minimum atomic E-state index is -3.69. The third-order valence-corrected chi connectivity index (χ3v) is 4.59. The van der Waals surface area contributed by atoms with Gasteiger partial charge in [0.15, 0.2) is 5.96 Å². The molecule has 0 amide bonds. The topological polar surface area (TPSA) is 119 Å². The number of aliphatic imine (C=N–C) groups is 1. The standard InChI is InChI=1S/C18H26N4O4S.HI/c1-2-25-13-11-21-18(20-10-9-16-4-3-12-26-16)22-14-15-5-7-17(8-6-15)27(19,23)24;/h3-8,12H,2,9-11,13-14H2,1H3,(H2,19,23,24)(H2,20,21,22);1H. The summed E-state index contributed by atoms with van der Waals surface area (Å²) in [4.78, 5) is 4.61. The lowest BCUT2D eigenvalue weighted by atomic mass is 10.2. The smallest absolute Gasteiger partial charge is 0.238 e. The van der Waals surface area contributed by atoms with Gasteiger partial charge in [0.2, 0.25) is 10.0 Å². The van der Waals surface area contributed by atoms with Crippen LogP contribution in [0.3, 0.4) is 0 Å². The fraction of sp³-hybridized carbons (Fsp3) is 0.389. The van der Waals surface area contributed by atoms with Gasteiger partial charge in [0.25, 0.3) is 0 Å². The lowest BCUT2D eigenvalue weighted by Crippen LogP contribution is -2.40. The number of guanidine groups is 1. The van der Waals surface area contributed by atoms with E-state index in [1.165, 1.54) is 12.1 Å². The van der Waals surface area contributed by atoms with Crippen LogP contribution in [0.5, 0.6) is 0 Å². The highest BCUT2D eigenvalue weighted by Crippen LogP contribution is 2.09. The van der Waals surface area contributed by atoms with Crippen molar-refractivity contribution < 1.29 is 17.6 Å². The largest absolute Gasteiger partial charge is 0.469 e. The minimum Gasteiger partial charge on any atom is -0.469 e. The number of primary sulfonamides is 1. The average Bonchev–Trinajstić information content (AvgIpc) is 3.15. The Morgan fingerprint density at radius 1 is 1.18 bits per heavy atom. The predicted octanol–water partition coefficient (Wildman–Crippen LogP) is 1.86. The van der Waals surface area contributed by atoms with Crippen LogP contribution in [-0.4, -0.2) is 40.7 Å². The van der Waals surface area contributed by atoms with Crippen molar-refractivity contribution in [2.24, 2.45) is 10.1 Å². The van der Waals surface area contributed by atoms with Crippen molar-refractivity contribution >= 4 is 40.0 Å². The van der Waals surface area contributed by atoms with E-state index in [0.29, 0.717) is 38.8 Å². The summed E-state index contributed by atoms with van der Waals surface area (Å²) < 4.78 is 33.3. The number of benzene rings is 1. The van der Waals surface area contributed by atoms with Crippen LogP contribution in [0.1, 0.15) is 18.2 Å². The highest BCUT2D eigenvalue weighted by molar-refractivity contribution is 14.0. The quantitative estimate of drug-likeness (QED) is 0.190. The molecule has 2 aromatic rings.